The number of likely N-dealkylation sites (tertiary alicyclic amines) is 2. The zero-order valence-electron chi connectivity index (χ0n) is 15.6. The molecular formula is C21H33N3O. The van der Waals surface area contributed by atoms with E-state index < -0.39 is 6.04 Å². The minimum Gasteiger partial charge on any atom is -0.341 e. The predicted octanol–water partition coefficient (Wildman–Crippen LogP) is 2.67. The molecule has 4 heteroatoms. The Morgan fingerprint density at radius 2 is 1.96 bits per heavy atom. The molecule has 3 rings (SSSR count). The highest BCUT2D eigenvalue weighted by atomic mass is 16.2. The van der Waals surface area contributed by atoms with Crippen LogP contribution >= 0.6 is 0 Å². The lowest BCUT2D eigenvalue weighted by atomic mass is 9.94. The van der Waals surface area contributed by atoms with Crippen molar-refractivity contribution in [3.63, 3.8) is 0 Å². The second-order valence-electron chi connectivity index (χ2n) is 7.93. The molecule has 25 heavy (non-hydrogen) atoms. The lowest BCUT2D eigenvalue weighted by Crippen LogP contribution is -2.51. The third-order valence-corrected chi connectivity index (χ3v) is 5.88. The molecule has 2 aliphatic heterocycles. The van der Waals surface area contributed by atoms with E-state index in [1.54, 1.807) is 0 Å². The summed E-state index contributed by atoms with van der Waals surface area (Å²) in [6.07, 6.45) is 6.97. The highest BCUT2D eigenvalue weighted by Crippen LogP contribution is 2.23. The summed E-state index contributed by atoms with van der Waals surface area (Å²) < 4.78 is 0. The quantitative estimate of drug-likeness (QED) is 0.894. The van der Waals surface area contributed by atoms with E-state index in [0.717, 1.165) is 31.6 Å². The predicted molar refractivity (Wildman–Crippen MR) is 102 cm³/mol. The number of carbonyl (C=O) groups excluding carboxylic acids is 1. The average molecular weight is 344 g/mol. The summed E-state index contributed by atoms with van der Waals surface area (Å²) >= 11 is 0. The van der Waals surface area contributed by atoms with Crippen molar-refractivity contribution < 1.29 is 4.79 Å². The number of carbonyl (C=O) groups is 1. The first-order valence-corrected chi connectivity index (χ1v) is 9.96. The number of amides is 1. The maximum Gasteiger partial charge on any atom is 0.239 e. The van der Waals surface area contributed by atoms with Crippen molar-refractivity contribution in [2.45, 2.75) is 57.5 Å². The van der Waals surface area contributed by atoms with Gasteiger partial charge < -0.3 is 15.5 Å². The van der Waals surface area contributed by atoms with Gasteiger partial charge in [0.25, 0.3) is 0 Å². The molecule has 1 aromatic carbocycles. The zero-order chi connectivity index (χ0) is 17.6. The monoisotopic (exact) mass is 343 g/mol. The highest BCUT2D eigenvalue weighted by molar-refractivity contribution is 5.82. The minimum atomic E-state index is -0.421. The molecule has 2 N–H and O–H groups in total. The van der Waals surface area contributed by atoms with Gasteiger partial charge in [-0.15, -0.1) is 0 Å². The standard InChI is InChI=1S/C21H33N3O/c1-17-8-5-6-12-23(17)15-19-11-7-13-24(16-19)21(25)20(22)14-18-9-3-2-4-10-18/h2-4,9-10,17,19-20H,5-8,11-16,22H2,1H3/t17?,19?,20-/m0/s1. The van der Waals surface area contributed by atoms with E-state index in [1.165, 1.54) is 32.2 Å². The van der Waals surface area contributed by atoms with Crippen molar-refractivity contribution in [3.8, 4) is 0 Å². The number of benzene rings is 1. The van der Waals surface area contributed by atoms with Crippen LogP contribution in [0.1, 0.15) is 44.6 Å². The van der Waals surface area contributed by atoms with Crippen LogP contribution in [0.2, 0.25) is 0 Å². The van der Waals surface area contributed by atoms with Crippen molar-refractivity contribution in [1.29, 1.82) is 0 Å². The smallest absolute Gasteiger partial charge is 0.239 e. The Bertz CT molecular complexity index is 547. The fourth-order valence-corrected chi connectivity index (χ4v) is 4.36. The molecule has 0 spiro atoms. The summed E-state index contributed by atoms with van der Waals surface area (Å²) in [7, 11) is 0. The van der Waals surface area contributed by atoms with Gasteiger partial charge in [-0.25, -0.2) is 0 Å². The summed E-state index contributed by atoms with van der Waals surface area (Å²) in [4.78, 5) is 17.4. The maximum absolute atomic E-state index is 12.8. The summed E-state index contributed by atoms with van der Waals surface area (Å²) in [5, 5.41) is 0. The maximum atomic E-state index is 12.8. The largest absolute Gasteiger partial charge is 0.341 e. The molecule has 2 unspecified atom stereocenters. The van der Waals surface area contributed by atoms with Gasteiger partial charge >= 0.3 is 0 Å². The fourth-order valence-electron chi connectivity index (χ4n) is 4.36. The first kappa shape index (κ1) is 18.4. The molecule has 1 amide bonds. The number of hydrogen-bond acceptors (Lipinski definition) is 3. The molecule has 1 aromatic rings. The van der Waals surface area contributed by atoms with Gasteiger partial charge in [0.15, 0.2) is 0 Å². The Labute approximate surface area is 152 Å². The Morgan fingerprint density at radius 3 is 2.72 bits per heavy atom. The van der Waals surface area contributed by atoms with Crippen LogP contribution < -0.4 is 5.73 Å². The summed E-state index contributed by atoms with van der Waals surface area (Å²) in [5.41, 5.74) is 7.37. The van der Waals surface area contributed by atoms with Crippen LogP contribution in [-0.2, 0) is 11.2 Å². The first-order chi connectivity index (χ1) is 12.1. The Kier molecular flexibility index (Phi) is 6.49. The van der Waals surface area contributed by atoms with Crippen molar-refractivity contribution in [3.05, 3.63) is 35.9 Å². The normalized spacial score (nSPS) is 26.4. The van der Waals surface area contributed by atoms with Crippen LogP contribution in [0.3, 0.4) is 0 Å². The van der Waals surface area contributed by atoms with E-state index in [1.807, 2.05) is 35.2 Å². The first-order valence-electron chi connectivity index (χ1n) is 9.96. The molecule has 0 aromatic heterocycles. The molecular weight excluding hydrogens is 310 g/mol. The Morgan fingerprint density at radius 1 is 1.16 bits per heavy atom. The number of rotatable bonds is 5. The van der Waals surface area contributed by atoms with Crippen LogP contribution in [0, 0.1) is 5.92 Å². The van der Waals surface area contributed by atoms with Crippen molar-refractivity contribution >= 4 is 5.91 Å². The summed E-state index contributed by atoms with van der Waals surface area (Å²) in [6.45, 7) is 6.45. The second-order valence-corrected chi connectivity index (χ2v) is 7.93. The molecule has 2 saturated heterocycles. The zero-order valence-corrected chi connectivity index (χ0v) is 15.6. The molecule has 0 saturated carbocycles. The van der Waals surface area contributed by atoms with Crippen LogP contribution in [-0.4, -0.2) is 54.0 Å². The Hall–Kier alpha value is -1.39. The van der Waals surface area contributed by atoms with Gasteiger partial charge in [0.1, 0.15) is 0 Å². The second kappa shape index (κ2) is 8.81. The number of nitrogens with zero attached hydrogens (tertiary/aromatic N) is 2. The van der Waals surface area contributed by atoms with Gasteiger partial charge in [0, 0.05) is 25.7 Å². The van der Waals surface area contributed by atoms with Gasteiger partial charge in [0.05, 0.1) is 6.04 Å². The molecule has 138 valence electrons. The lowest BCUT2D eigenvalue weighted by molar-refractivity contribution is -0.134. The molecule has 2 fully saturated rings. The van der Waals surface area contributed by atoms with Gasteiger partial charge in [-0.2, -0.15) is 0 Å². The molecule has 2 aliphatic rings. The van der Waals surface area contributed by atoms with E-state index in [9.17, 15) is 4.79 Å². The van der Waals surface area contributed by atoms with E-state index >= 15 is 0 Å². The molecule has 2 heterocycles. The topological polar surface area (TPSA) is 49.6 Å². The van der Waals surface area contributed by atoms with Crippen molar-refractivity contribution in [1.82, 2.24) is 9.80 Å². The van der Waals surface area contributed by atoms with Gasteiger partial charge in [-0.1, -0.05) is 36.8 Å². The molecule has 3 atom stereocenters. The lowest BCUT2D eigenvalue weighted by Gasteiger charge is -2.40. The van der Waals surface area contributed by atoms with Crippen molar-refractivity contribution in [2.75, 3.05) is 26.2 Å². The molecule has 0 aliphatic carbocycles. The summed E-state index contributed by atoms with van der Waals surface area (Å²) in [6, 6.07) is 10.4. The van der Waals surface area contributed by atoms with E-state index in [2.05, 4.69) is 11.8 Å². The number of hydrogen-bond donors (Lipinski definition) is 1. The van der Waals surface area contributed by atoms with Crippen LogP contribution in [0.25, 0.3) is 0 Å². The average Bonchev–Trinajstić information content (AvgIpc) is 2.64. The third kappa shape index (κ3) is 5.05. The molecule has 4 nitrogen and oxygen atoms in total. The third-order valence-electron chi connectivity index (χ3n) is 5.88. The SMILES string of the molecule is CC1CCCCN1CC1CCCN(C(=O)[C@@H](N)Cc2ccccc2)C1. The van der Waals surface area contributed by atoms with Crippen molar-refractivity contribution in [2.24, 2.45) is 11.7 Å². The van der Waals surface area contributed by atoms with Gasteiger partial charge in [-0.05, 0) is 57.1 Å². The van der Waals surface area contributed by atoms with E-state index in [4.69, 9.17) is 5.73 Å². The number of piperidine rings is 2. The number of nitrogens with two attached hydrogens (primary N) is 1. The van der Waals surface area contributed by atoms with Crippen LogP contribution in [0.15, 0.2) is 30.3 Å². The van der Waals surface area contributed by atoms with Crippen LogP contribution in [0.4, 0.5) is 0 Å². The van der Waals surface area contributed by atoms with E-state index in [0.29, 0.717) is 18.4 Å². The van der Waals surface area contributed by atoms with Gasteiger partial charge in [-0.3, -0.25) is 4.79 Å². The molecule has 0 radical (unpaired) electrons. The summed E-state index contributed by atoms with van der Waals surface area (Å²) in [5.74, 6) is 0.724. The Balaban J connectivity index is 1.52. The van der Waals surface area contributed by atoms with Crippen LogP contribution in [0.5, 0.6) is 0 Å². The fraction of sp³-hybridized carbons (Fsp3) is 0.667. The van der Waals surface area contributed by atoms with E-state index in [-0.39, 0.29) is 5.91 Å². The molecule has 0 bridgehead atoms. The highest BCUT2D eigenvalue weighted by Gasteiger charge is 2.29. The minimum absolute atomic E-state index is 0.125. The van der Waals surface area contributed by atoms with Gasteiger partial charge in [0.2, 0.25) is 5.91 Å².